The zero-order valence-corrected chi connectivity index (χ0v) is 17.9. The van der Waals surface area contributed by atoms with E-state index in [1.807, 2.05) is 6.21 Å². The van der Waals surface area contributed by atoms with Crippen LogP contribution in [0.3, 0.4) is 0 Å². The van der Waals surface area contributed by atoms with Crippen molar-refractivity contribution >= 4 is 12.1 Å². The first-order chi connectivity index (χ1) is 14.1. The zero-order valence-electron chi connectivity index (χ0n) is 17.9. The van der Waals surface area contributed by atoms with Crippen molar-refractivity contribution in [1.82, 2.24) is 0 Å². The molecule has 0 spiro atoms. The van der Waals surface area contributed by atoms with Gasteiger partial charge in [0.1, 0.15) is 0 Å². The second kappa shape index (κ2) is 7.34. The number of nitrogens with two attached hydrogens (primary N) is 1. The normalized spacial score (nSPS) is 43.3. The topological polar surface area (TPSA) is 55.5 Å². The number of hydrogen-bond acceptors (Lipinski definition) is 2. The summed E-state index contributed by atoms with van der Waals surface area (Å²) in [5, 5.41) is 0. The lowest BCUT2D eigenvalue weighted by atomic mass is 9.61. The molecule has 3 nitrogen and oxygen atoms in total. The van der Waals surface area contributed by atoms with Crippen molar-refractivity contribution in [3.63, 3.8) is 0 Å². The van der Waals surface area contributed by atoms with Gasteiger partial charge in [0.05, 0.1) is 5.41 Å². The third-order valence-electron chi connectivity index (χ3n) is 9.03. The van der Waals surface area contributed by atoms with Crippen LogP contribution in [-0.4, -0.2) is 18.2 Å². The first-order valence-corrected chi connectivity index (χ1v) is 12.0. The third-order valence-corrected chi connectivity index (χ3v) is 9.03. The average molecular weight is 393 g/mol. The molecular weight excluding hydrogens is 356 g/mol. The van der Waals surface area contributed by atoms with Gasteiger partial charge >= 0.3 is 0 Å². The van der Waals surface area contributed by atoms with Crippen molar-refractivity contribution in [3.8, 4) is 0 Å². The standard InChI is InChI=1S/C26H36N2O/c1-2-6-22-19-13-25(20-7-4-3-5-8-20)15-23(22)26(14-19,17-25)24(29)28-16-18-9-11-21(27)12-10-18/h3-5,7-8,16,18-19,21-23H,2,6,9-15,17,27H2,1H3. The lowest BCUT2D eigenvalue weighted by molar-refractivity contribution is -0.129. The highest BCUT2D eigenvalue weighted by atomic mass is 16.1. The van der Waals surface area contributed by atoms with E-state index in [1.54, 1.807) is 0 Å². The van der Waals surface area contributed by atoms with Gasteiger partial charge in [-0.15, -0.1) is 0 Å². The Balaban J connectivity index is 1.41. The zero-order chi connectivity index (χ0) is 20.1. The highest BCUT2D eigenvalue weighted by molar-refractivity contribution is 5.91. The number of nitrogens with zero attached hydrogens (tertiary/aromatic N) is 1. The van der Waals surface area contributed by atoms with Gasteiger partial charge in [-0.1, -0.05) is 50.1 Å². The van der Waals surface area contributed by atoms with Crippen LogP contribution >= 0.6 is 0 Å². The smallest absolute Gasteiger partial charge is 0.251 e. The maximum Gasteiger partial charge on any atom is 0.251 e. The van der Waals surface area contributed by atoms with Crippen LogP contribution in [0.25, 0.3) is 0 Å². The second-order valence-electron chi connectivity index (χ2n) is 10.7. The summed E-state index contributed by atoms with van der Waals surface area (Å²) in [6.07, 6.45) is 13.4. The number of rotatable bonds is 5. The van der Waals surface area contributed by atoms with Crippen molar-refractivity contribution in [2.45, 2.75) is 82.6 Å². The molecule has 5 saturated carbocycles. The molecule has 1 aromatic carbocycles. The fraction of sp³-hybridized carbons (Fsp3) is 0.692. The number of hydrogen-bond donors (Lipinski definition) is 1. The molecule has 6 rings (SSSR count). The third kappa shape index (κ3) is 3.12. The molecule has 2 N–H and O–H groups in total. The minimum absolute atomic E-state index is 0.194. The Hall–Kier alpha value is -1.48. The van der Waals surface area contributed by atoms with Gasteiger partial charge in [0, 0.05) is 12.3 Å². The second-order valence-corrected chi connectivity index (χ2v) is 10.7. The Morgan fingerprint density at radius 3 is 2.62 bits per heavy atom. The van der Waals surface area contributed by atoms with Crippen LogP contribution in [0, 0.1) is 29.1 Å². The lowest BCUT2D eigenvalue weighted by Gasteiger charge is -2.43. The molecule has 5 aliphatic carbocycles. The molecule has 0 radical (unpaired) electrons. The summed E-state index contributed by atoms with van der Waals surface area (Å²) in [5.41, 5.74) is 7.52. The summed E-state index contributed by atoms with van der Waals surface area (Å²) >= 11 is 0. The molecule has 29 heavy (non-hydrogen) atoms. The quantitative estimate of drug-likeness (QED) is 0.694. The minimum atomic E-state index is -0.194. The molecule has 156 valence electrons. The molecule has 5 unspecified atom stereocenters. The monoisotopic (exact) mass is 392 g/mol. The van der Waals surface area contributed by atoms with Gasteiger partial charge in [0.15, 0.2) is 0 Å². The SMILES string of the molecule is CCCC1C2CC3(c4ccccc4)CC1C(C(=O)N=CC1CCC(N)CC1)(C2)C3. The van der Waals surface area contributed by atoms with Crippen LogP contribution in [0.4, 0.5) is 0 Å². The first-order valence-electron chi connectivity index (χ1n) is 12.0. The fourth-order valence-corrected chi connectivity index (χ4v) is 7.85. The van der Waals surface area contributed by atoms with Gasteiger partial charge in [0.25, 0.3) is 5.91 Å². The van der Waals surface area contributed by atoms with Crippen molar-refractivity contribution in [3.05, 3.63) is 35.9 Å². The van der Waals surface area contributed by atoms with E-state index in [-0.39, 0.29) is 16.7 Å². The molecule has 0 aliphatic heterocycles. The predicted molar refractivity (Wildman–Crippen MR) is 118 cm³/mol. The molecule has 0 aromatic heterocycles. The van der Waals surface area contributed by atoms with Gasteiger partial charge in [-0.05, 0) is 86.0 Å². The van der Waals surface area contributed by atoms with E-state index < -0.39 is 0 Å². The molecular formula is C26H36N2O. The summed E-state index contributed by atoms with van der Waals surface area (Å²) in [5.74, 6) is 2.62. The molecule has 5 aliphatic rings. The van der Waals surface area contributed by atoms with Crippen LogP contribution in [0.1, 0.15) is 76.7 Å². The molecule has 5 atom stereocenters. The molecule has 1 aromatic rings. The maximum atomic E-state index is 13.6. The summed E-state index contributed by atoms with van der Waals surface area (Å²) in [6.45, 7) is 2.30. The molecule has 3 heteroatoms. The van der Waals surface area contributed by atoms with Crippen LogP contribution in [-0.2, 0) is 10.2 Å². The van der Waals surface area contributed by atoms with Gasteiger partial charge in [-0.3, -0.25) is 4.79 Å². The Morgan fingerprint density at radius 1 is 1.14 bits per heavy atom. The van der Waals surface area contributed by atoms with Crippen LogP contribution < -0.4 is 5.73 Å². The number of carbonyl (C=O) groups excluding carboxylic acids is 1. The molecule has 0 heterocycles. The Bertz CT molecular complexity index is 781. The van der Waals surface area contributed by atoms with Crippen molar-refractivity contribution < 1.29 is 4.79 Å². The van der Waals surface area contributed by atoms with E-state index >= 15 is 0 Å². The van der Waals surface area contributed by atoms with Crippen molar-refractivity contribution in [2.24, 2.45) is 39.8 Å². The van der Waals surface area contributed by atoms with E-state index in [0.717, 1.165) is 44.4 Å². The largest absolute Gasteiger partial charge is 0.328 e. The molecule has 1 amide bonds. The number of benzene rings is 1. The van der Waals surface area contributed by atoms with Crippen LogP contribution in [0.2, 0.25) is 0 Å². The van der Waals surface area contributed by atoms with E-state index in [0.29, 0.717) is 23.8 Å². The predicted octanol–water partition coefficient (Wildman–Crippen LogP) is 5.28. The highest BCUT2D eigenvalue weighted by Gasteiger charge is 2.70. The summed E-state index contributed by atoms with van der Waals surface area (Å²) in [7, 11) is 0. The molecule has 0 saturated heterocycles. The number of carbonyl (C=O) groups is 1. The summed E-state index contributed by atoms with van der Waals surface area (Å²) in [4.78, 5) is 18.3. The lowest BCUT2D eigenvalue weighted by Crippen LogP contribution is -2.37. The number of amides is 1. The summed E-state index contributed by atoms with van der Waals surface area (Å²) in [6, 6.07) is 11.4. The van der Waals surface area contributed by atoms with Crippen molar-refractivity contribution in [2.75, 3.05) is 0 Å². The van der Waals surface area contributed by atoms with Gasteiger partial charge < -0.3 is 5.73 Å². The van der Waals surface area contributed by atoms with Crippen molar-refractivity contribution in [1.29, 1.82) is 0 Å². The van der Waals surface area contributed by atoms with E-state index in [9.17, 15) is 4.79 Å². The van der Waals surface area contributed by atoms with E-state index in [4.69, 9.17) is 5.73 Å². The average Bonchev–Trinajstić information content (AvgIpc) is 3.11. The molecule has 5 fully saturated rings. The van der Waals surface area contributed by atoms with Crippen LogP contribution in [0.5, 0.6) is 0 Å². The number of aliphatic imine (C=N–C) groups is 1. The maximum absolute atomic E-state index is 13.6. The summed E-state index contributed by atoms with van der Waals surface area (Å²) < 4.78 is 0. The minimum Gasteiger partial charge on any atom is -0.328 e. The molecule has 4 bridgehead atoms. The highest BCUT2D eigenvalue weighted by Crippen LogP contribution is 2.73. The Labute approximate surface area is 175 Å². The Kier molecular flexibility index (Phi) is 4.93. The van der Waals surface area contributed by atoms with Gasteiger partial charge in [-0.25, -0.2) is 4.99 Å². The van der Waals surface area contributed by atoms with E-state index in [1.165, 1.54) is 31.2 Å². The van der Waals surface area contributed by atoms with E-state index in [2.05, 4.69) is 42.2 Å². The van der Waals surface area contributed by atoms with Crippen LogP contribution in [0.15, 0.2) is 35.3 Å². The fourth-order valence-electron chi connectivity index (χ4n) is 7.85. The van der Waals surface area contributed by atoms with Gasteiger partial charge in [0.2, 0.25) is 0 Å². The first kappa shape index (κ1) is 19.5. The van der Waals surface area contributed by atoms with Gasteiger partial charge in [-0.2, -0.15) is 0 Å². The Morgan fingerprint density at radius 2 is 1.90 bits per heavy atom.